The number of esters is 1. The Morgan fingerprint density at radius 3 is 1.78 bits per heavy atom. The standard InChI is InChI=1S/C32H46O4/c1-2-3-4-5-6-7-8-9-10-11-12-13-14-15-16-17-18-19-20-21-22-23-24-32(35)36-30-26-25-29(28-33)31(34)27-30/h25-28,34H,2-12,17-24H2,1H3. The van der Waals surface area contributed by atoms with Gasteiger partial charge in [-0.15, -0.1) is 0 Å². The number of unbranched alkanes of at least 4 members (excludes halogenated alkanes) is 16. The third-order valence-corrected chi connectivity index (χ3v) is 6.19. The first-order valence-electron chi connectivity index (χ1n) is 14.1. The van der Waals surface area contributed by atoms with E-state index < -0.39 is 0 Å². The van der Waals surface area contributed by atoms with Crippen LogP contribution < -0.4 is 4.74 Å². The maximum Gasteiger partial charge on any atom is 0.311 e. The zero-order valence-corrected chi connectivity index (χ0v) is 22.4. The molecule has 0 saturated heterocycles. The Hall–Kier alpha value is -2.72. The van der Waals surface area contributed by atoms with Crippen LogP contribution >= 0.6 is 0 Å². The van der Waals surface area contributed by atoms with Crippen LogP contribution in [0.3, 0.4) is 0 Å². The fraction of sp³-hybridized carbons (Fsp3) is 0.625. The van der Waals surface area contributed by atoms with E-state index in [4.69, 9.17) is 4.74 Å². The van der Waals surface area contributed by atoms with E-state index in [0.29, 0.717) is 12.7 Å². The van der Waals surface area contributed by atoms with Gasteiger partial charge in [-0.3, -0.25) is 9.59 Å². The Morgan fingerprint density at radius 1 is 0.778 bits per heavy atom. The molecule has 0 aliphatic carbocycles. The lowest BCUT2D eigenvalue weighted by atomic mass is 10.1. The molecule has 1 N–H and O–H groups in total. The molecule has 1 rings (SSSR count). The lowest BCUT2D eigenvalue weighted by Crippen LogP contribution is -2.07. The normalized spacial score (nSPS) is 10.1. The van der Waals surface area contributed by atoms with Crippen LogP contribution in [0.15, 0.2) is 18.2 Å². The van der Waals surface area contributed by atoms with Gasteiger partial charge in [0.2, 0.25) is 0 Å². The molecule has 1 aromatic rings. The SMILES string of the molecule is CCCCCCCCCCCCC#CC#CCCCCCCCCC(=O)Oc1ccc(C=O)c(O)c1. The number of rotatable bonds is 20. The number of phenolic OH excluding ortho intramolecular Hbond substituents is 1. The third kappa shape index (κ3) is 17.7. The molecule has 0 fully saturated rings. The summed E-state index contributed by atoms with van der Waals surface area (Å²) in [5, 5.41) is 9.63. The van der Waals surface area contributed by atoms with Crippen LogP contribution in [0, 0.1) is 23.7 Å². The average molecular weight is 495 g/mol. The molecule has 0 spiro atoms. The van der Waals surface area contributed by atoms with E-state index in [0.717, 1.165) is 51.4 Å². The topological polar surface area (TPSA) is 63.6 Å². The molecule has 36 heavy (non-hydrogen) atoms. The largest absolute Gasteiger partial charge is 0.507 e. The molecule has 198 valence electrons. The zero-order valence-electron chi connectivity index (χ0n) is 22.4. The van der Waals surface area contributed by atoms with Gasteiger partial charge in [0.25, 0.3) is 0 Å². The highest BCUT2D eigenvalue weighted by molar-refractivity contribution is 5.80. The summed E-state index contributed by atoms with van der Waals surface area (Å²) >= 11 is 0. The predicted octanol–water partition coefficient (Wildman–Crippen LogP) is 8.55. The number of benzene rings is 1. The van der Waals surface area contributed by atoms with E-state index in [1.54, 1.807) is 0 Å². The quantitative estimate of drug-likeness (QED) is 0.0648. The van der Waals surface area contributed by atoms with Crippen molar-refractivity contribution >= 4 is 12.3 Å². The fourth-order valence-electron chi connectivity index (χ4n) is 3.97. The van der Waals surface area contributed by atoms with Gasteiger partial charge in [-0.05, 0) is 43.2 Å². The van der Waals surface area contributed by atoms with E-state index in [-0.39, 0.29) is 23.0 Å². The summed E-state index contributed by atoms with van der Waals surface area (Å²) in [7, 11) is 0. The number of carbonyl (C=O) groups excluding carboxylic acids is 2. The molecule has 0 bridgehead atoms. The number of hydrogen-bond acceptors (Lipinski definition) is 4. The molecule has 0 aliphatic rings. The van der Waals surface area contributed by atoms with Crippen LogP contribution in [0.5, 0.6) is 11.5 Å². The Balaban J connectivity index is 1.89. The number of phenols is 1. The van der Waals surface area contributed by atoms with Gasteiger partial charge in [0.1, 0.15) is 11.5 Å². The first kappa shape index (κ1) is 31.3. The zero-order chi connectivity index (χ0) is 26.1. The van der Waals surface area contributed by atoms with Gasteiger partial charge >= 0.3 is 5.97 Å². The number of hydrogen-bond donors (Lipinski definition) is 1. The molecule has 0 saturated carbocycles. The molecule has 0 unspecified atom stereocenters. The highest BCUT2D eigenvalue weighted by Crippen LogP contribution is 2.22. The van der Waals surface area contributed by atoms with Crippen LogP contribution in [0.25, 0.3) is 0 Å². The monoisotopic (exact) mass is 494 g/mol. The molecule has 0 amide bonds. The van der Waals surface area contributed by atoms with Crippen LogP contribution in [0.2, 0.25) is 0 Å². The van der Waals surface area contributed by atoms with Gasteiger partial charge in [0, 0.05) is 25.3 Å². The van der Waals surface area contributed by atoms with Crippen molar-refractivity contribution in [2.75, 3.05) is 0 Å². The lowest BCUT2D eigenvalue weighted by Gasteiger charge is -2.05. The van der Waals surface area contributed by atoms with Crippen molar-refractivity contribution in [2.24, 2.45) is 0 Å². The lowest BCUT2D eigenvalue weighted by molar-refractivity contribution is -0.134. The minimum absolute atomic E-state index is 0.174. The second kappa shape index (κ2) is 22.7. The molecule has 0 aliphatic heterocycles. The maximum atomic E-state index is 11.9. The van der Waals surface area contributed by atoms with Gasteiger partial charge in [0.05, 0.1) is 5.56 Å². The Kier molecular flexibility index (Phi) is 19.8. The van der Waals surface area contributed by atoms with E-state index in [1.165, 1.54) is 82.4 Å². The highest BCUT2D eigenvalue weighted by Gasteiger charge is 2.07. The highest BCUT2D eigenvalue weighted by atomic mass is 16.5. The summed E-state index contributed by atoms with van der Waals surface area (Å²) in [5.74, 6) is 12.1. The predicted molar refractivity (Wildman–Crippen MR) is 148 cm³/mol. The van der Waals surface area contributed by atoms with E-state index in [9.17, 15) is 14.7 Å². The molecule has 0 heterocycles. The first-order valence-corrected chi connectivity index (χ1v) is 14.1. The van der Waals surface area contributed by atoms with Crippen molar-refractivity contribution in [3.63, 3.8) is 0 Å². The Labute approximate surface area is 219 Å². The van der Waals surface area contributed by atoms with Crippen molar-refractivity contribution in [1.82, 2.24) is 0 Å². The molecular weight excluding hydrogens is 448 g/mol. The number of carbonyl (C=O) groups is 2. The van der Waals surface area contributed by atoms with E-state index >= 15 is 0 Å². The minimum Gasteiger partial charge on any atom is -0.507 e. The Morgan fingerprint density at radius 2 is 1.28 bits per heavy atom. The summed E-state index contributed by atoms with van der Waals surface area (Å²) in [5.41, 5.74) is 0.174. The molecule has 4 heteroatoms. The minimum atomic E-state index is -0.321. The maximum absolute atomic E-state index is 11.9. The second-order valence-corrected chi connectivity index (χ2v) is 9.47. The summed E-state index contributed by atoms with van der Waals surface area (Å²) in [4.78, 5) is 22.6. The Bertz CT molecular complexity index is 850. The molecule has 0 radical (unpaired) electrons. The molecule has 4 nitrogen and oxygen atoms in total. The van der Waals surface area contributed by atoms with Crippen molar-refractivity contribution in [3.8, 4) is 35.2 Å². The smallest absolute Gasteiger partial charge is 0.311 e. The van der Waals surface area contributed by atoms with Gasteiger partial charge < -0.3 is 9.84 Å². The summed E-state index contributed by atoms with van der Waals surface area (Å²) in [6.45, 7) is 2.27. The second-order valence-electron chi connectivity index (χ2n) is 9.47. The van der Waals surface area contributed by atoms with Gasteiger partial charge in [-0.2, -0.15) is 0 Å². The van der Waals surface area contributed by atoms with Crippen LogP contribution in [0.1, 0.15) is 139 Å². The number of aldehydes is 1. The van der Waals surface area contributed by atoms with E-state index in [1.807, 2.05) is 0 Å². The van der Waals surface area contributed by atoms with Crippen molar-refractivity contribution in [2.45, 2.75) is 129 Å². The molecule has 0 aromatic heterocycles. The molecular formula is C32H46O4. The third-order valence-electron chi connectivity index (χ3n) is 6.19. The van der Waals surface area contributed by atoms with Crippen LogP contribution in [-0.4, -0.2) is 17.4 Å². The fourth-order valence-corrected chi connectivity index (χ4v) is 3.97. The van der Waals surface area contributed by atoms with Crippen molar-refractivity contribution in [1.29, 1.82) is 0 Å². The number of ether oxygens (including phenoxy) is 1. The van der Waals surface area contributed by atoms with Crippen molar-refractivity contribution in [3.05, 3.63) is 23.8 Å². The summed E-state index contributed by atoms with van der Waals surface area (Å²) in [6, 6.07) is 4.23. The van der Waals surface area contributed by atoms with Gasteiger partial charge in [-0.25, -0.2) is 0 Å². The van der Waals surface area contributed by atoms with Gasteiger partial charge in [-0.1, -0.05) is 102 Å². The number of aromatic hydroxyl groups is 1. The molecule has 0 atom stereocenters. The summed E-state index contributed by atoms with van der Waals surface area (Å²) < 4.78 is 5.20. The van der Waals surface area contributed by atoms with Crippen molar-refractivity contribution < 1.29 is 19.4 Å². The van der Waals surface area contributed by atoms with Crippen LogP contribution in [0.4, 0.5) is 0 Å². The molecule has 1 aromatic carbocycles. The van der Waals surface area contributed by atoms with Crippen LogP contribution in [-0.2, 0) is 4.79 Å². The van der Waals surface area contributed by atoms with E-state index in [2.05, 4.69) is 30.6 Å². The average Bonchev–Trinajstić information content (AvgIpc) is 2.87. The summed E-state index contributed by atoms with van der Waals surface area (Å²) in [6.07, 6.45) is 22.5. The first-order chi connectivity index (χ1) is 17.7. The van der Waals surface area contributed by atoms with Gasteiger partial charge in [0.15, 0.2) is 6.29 Å².